The highest BCUT2D eigenvalue weighted by molar-refractivity contribution is 5.80. The topological polar surface area (TPSA) is 118 Å². The summed E-state index contributed by atoms with van der Waals surface area (Å²) in [7, 11) is 1.92. The molecule has 4 N–H and O–H groups in total. The van der Waals surface area contributed by atoms with E-state index >= 15 is 0 Å². The summed E-state index contributed by atoms with van der Waals surface area (Å²) in [6, 6.07) is 8.28. The number of amides is 1. The molecule has 0 bridgehead atoms. The molecule has 1 amide bonds. The van der Waals surface area contributed by atoms with Gasteiger partial charge in [0, 0.05) is 36.7 Å². The normalized spacial score (nSPS) is 27.7. The van der Waals surface area contributed by atoms with E-state index < -0.39 is 0 Å². The van der Waals surface area contributed by atoms with E-state index in [-0.39, 0.29) is 35.8 Å². The molecule has 5 rings (SSSR count). The monoisotopic (exact) mass is 434 g/mol. The molecule has 2 aromatic rings. The van der Waals surface area contributed by atoms with Crippen molar-refractivity contribution >= 4 is 5.91 Å². The molecular formula is C24H30N6O2. The van der Waals surface area contributed by atoms with Crippen molar-refractivity contribution in [2.75, 3.05) is 6.54 Å². The van der Waals surface area contributed by atoms with Gasteiger partial charge in [0.2, 0.25) is 5.91 Å². The van der Waals surface area contributed by atoms with E-state index in [1.165, 1.54) is 6.42 Å². The number of rotatable bonds is 5. The van der Waals surface area contributed by atoms with Gasteiger partial charge in [0.15, 0.2) is 0 Å². The van der Waals surface area contributed by atoms with Crippen LogP contribution in [0.2, 0.25) is 0 Å². The minimum atomic E-state index is -0.00459. The third-order valence-electron chi connectivity index (χ3n) is 7.53. The standard InChI is InChI=1S/C24H30N6O2/c1-30-23(16-6-3-7-22(19(16)11-25)32-15-4-2-5-15)20(13-27-30)14-8-9-17-18(10-14)21(12-26)28-29-24(17)31/h3,6-7,13-15,17-18,21,28H,2,4-5,8-10,12,26H2,1H3,(H,29,31). The third-order valence-corrected chi connectivity index (χ3v) is 7.53. The van der Waals surface area contributed by atoms with Crippen LogP contribution in [0.4, 0.5) is 0 Å². The molecule has 4 unspecified atom stereocenters. The Balaban J connectivity index is 1.49. The Morgan fingerprint density at radius 3 is 2.88 bits per heavy atom. The summed E-state index contributed by atoms with van der Waals surface area (Å²) in [6.07, 6.45) is 7.99. The van der Waals surface area contributed by atoms with E-state index in [2.05, 4.69) is 22.0 Å². The van der Waals surface area contributed by atoms with Gasteiger partial charge in [-0.05, 0) is 56.4 Å². The maximum atomic E-state index is 12.4. The van der Waals surface area contributed by atoms with Gasteiger partial charge in [-0.3, -0.25) is 14.9 Å². The number of nitrogens with two attached hydrogens (primary N) is 1. The third kappa shape index (κ3) is 3.55. The Labute approximate surface area is 188 Å². The number of hydrogen-bond donors (Lipinski definition) is 3. The lowest BCUT2D eigenvalue weighted by Crippen LogP contribution is -2.62. The molecule has 0 spiro atoms. The molecule has 1 saturated heterocycles. The average molecular weight is 435 g/mol. The van der Waals surface area contributed by atoms with E-state index in [0.29, 0.717) is 17.9 Å². The van der Waals surface area contributed by atoms with Gasteiger partial charge < -0.3 is 10.5 Å². The van der Waals surface area contributed by atoms with E-state index in [9.17, 15) is 10.1 Å². The molecule has 1 aliphatic heterocycles. The van der Waals surface area contributed by atoms with Crippen LogP contribution in [0.5, 0.6) is 5.75 Å². The van der Waals surface area contributed by atoms with Crippen LogP contribution < -0.4 is 21.3 Å². The van der Waals surface area contributed by atoms with Gasteiger partial charge in [0.25, 0.3) is 0 Å². The zero-order chi connectivity index (χ0) is 22.2. The van der Waals surface area contributed by atoms with Gasteiger partial charge >= 0.3 is 0 Å². The first-order chi connectivity index (χ1) is 15.6. The van der Waals surface area contributed by atoms with Crippen molar-refractivity contribution in [2.45, 2.75) is 56.6 Å². The first-order valence-electron chi connectivity index (χ1n) is 11.6. The van der Waals surface area contributed by atoms with Gasteiger partial charge in [-0.2, -0.15) is 10.4 Å². The van der Waals surface area contributed by atoms with Gasteiger partial charge in [0.05, 0.1) is 18.0 Å². The summed E-state index contributed by atoms with van der Waals surface area (Å²) < 4.78 is 7.99. The summed E-state index contributed by atoms with van der Waals surface area (Å²) in [5.74, 6) is 1.16. The number of nitriles is 1. The quantitative estimate of drug-likeness (QED) is 0.665. The molecule has 8 heteroatoms. The number of nitrogens with one attached hydrogen (secondary N) is 2. The number of hydrazine groups is 1. The minimum absolute atomic E-state index is 0.00459. The number of aromatic nitrogens is 2. The number of carbonyl (C=O) groups excluding carboxylic acids is 1. The van der Waals surface area contributed by atoms with Crippen molar-refractivity contribution < 1.29 is 9.53 Å². The molecule has 0 radical (unpaired) electrons. The second-order valence-electron chi connectivity index (χ2n) is 9.29. The second-order valence-corrected chi connectivity index (χ2v) is 9.29. The fourth-order valence-corrected chi connectivity index (χ4v) is 5.55. The van der Waals surface area contributed by atoms with Gasteiger partial charge in [-0.25, -0.2) is 5.43 Å². The van der Waals surface area contributed by atoms with Crippen molar-refractivity contribution in [3.8, 4) is 23.1 Å². The van der Waals surface area contributed by atoms with Crippen LogP contribution >= 0.6 is 0 Å². The lowest BCUT2D eigenvalue weighted by Gasteiger charge is -2.43. The summed E-state index contributed by atoms with van der Waals surface area (Å²) in [5, 5.41) is 14.6. The highest BCUT2D eigenvalue weighted by Crippen LogP contribution is 2.45. The van der Waals surface area contributed by atoms with Crippen LogP contribution in [-0.2, 0) is 11.8 Å². The molecule has 3 aliphatic rings. The van der Waals surface area contributed by atoms with Crippen molar-refractivity contribution in [1.82, 2.24) is 20.6 Å². The summed E-state index contributed by atoms with van der Waals surface area (Å²) >= 11 is 0. The molecule has 1 aromatic heterocycles. The Bertz CT molecular complexity index is 1050. The maximum absolute atomic E-state index is 12.4. The van der Waals surface area contributed by atoms with E-state index in [4.69, 9.17) is 10.5 Å². The van der Waals surface area contributed by atoms with Crippen molar-refractivity contribution in [3.63, 3.8) is 0 Å². The van der Waals surface area contributed by atoms with Gasteiger partial charge in [0.1, 0.15) is 17.4 Å². The maximum Gasteiger partial charge on any atom is 0.237 e. The van der Waals surface area contributed by atoms with Crippen LogP contribution in [0.15, 0.2) is 24.4 Å². The Morgan fingerprint density at radius 2 is 2.16 bits per heavy atom. The predicted molar refractivity (Wildman–Crippen MR) is 119 cm³/mol. The number of nitrogens with zero attached hydrogens (tertiary/aromatic N) is 3. The molecular weight excluding hydrogens is 404 g/mol. The van der Waals surface area contributed by atoms with Crippen LogP contribution in [0.25, 0.3) is 11.3 Å². The van der Waals surface area contributed by atoms with Crippen molar-refractivity contribution in [1.29, 1.82) is 5.26 Å². The summed E-state index contributed by atoms with van der Waals surface area (Å²) in [5.41, 5.74) is 15.4. The SMILES string of the molecule is Cn1ncc(C2CCC3C(=O)NNC(CN)C3C2)c1-c1cccc(OC2CCC2)c1C#N. The Hall–Kier alpha value is -2.89. The van der Waals surface area contributed by atoms with Crippen LogP contribution in [0.3, 0.4) is 0 Å². The fraction of sp³-hybridized carbons (Fsp3) is 0.542. The molecule has 2 saturated carbocycles. The first-order valence-corrected chi connectivity index (χ1v) is 11.6. The van der Waals surface area contributed by atoms with Gasteiger partial charge in [-0.15, -0.1) is 0 Å². The van der Waals surface area contributed by atoms with Crippen molar-refractivity contribution in [3.05, 3.63) is 35.5 Å². The average Bonchev–Trinajstić information content (AvgIpc) is 3.17. The molecule has 168 valence electrons. The second kappa shape index (κ2) is 8.57. The lowest BCUT2D eigenvalue weighted by atomic mass is 9.68. The van der Waals surface area contributed by atoms with E-state index in [0.717, 1.165) is 48.9 Å². The number of hydrogen-bond acceptors (Lipinski definition) is 6. The Kier molecular flexibility index (Phi) is 5.62. The molecule has 1 aromatic carbocycles. The number of ether oxygens (including phenoxy) is 1. The first kappa shape index (κ1) is 21.0. The number of fused-ring (bicyclic) bond motifs is 1. The number of aryl methyl sites for hydroxylation is 1. The smallest absolute Gasteiger partial charge is 0.237 e. The van der Waals surface area contributed by atoms with Crippen LogP contribution in [-0.4, -0.2) is 34.4 Å². The highest BCUT2D eigenvalue weighted by atomic mass is 16.5. The van der Waals surface area contributed by atoms with E-state index in [1.807, 2.05) is 36.1 Å². The zero-order valence-corrected chi connectivity index (χ0v) is 18.4. The van der Waals surface area contributed by atoms with E-state index in [1.54, 1.807) is 0 Å². The molecule has 32 heavy (non-hydrogen) atoms. The van der Waals surface area contributed by atoms with Crippen LogP contribution in [0.1, 0.15) is 55.6 Å². The number of carbonyl (C=O) groups is 1. The molecule has 3 fully saturated rings. The summed E-state index contributed by atoms with van der Waals surface area (Å²) in [6.45, 7) is 0.479. The largest absolute Gasteiger partial charge is 0.489 e. The zero-order valence-electron chi connectivity index (χ0n) is 18.4. The molecule has 2 aliphatic carbocycles. The highest BCUT2D eigenvalue weighted by Gasteiger charge is 2.43. The number of benzene rings is 1. The molecule has 4 atom stereocenters. The van der Waals surface area contributed by atoms with Gasteiger partial charge in [-0.1, -0.05) is 12.1 Å². The Morgan fingerprint density at radius 1 is 1.31 bits per heavy atom. The minimum Gasteiger partial charge on any atom is -0.489 e. The predicted octanol–water partition coefficient (Wildman–Crippen LogP) is 2.35. The molecule has 8 nitrogen and oxygen atoms in total. The molecule has 2 heterocycles. The lowest BCUT2D eigenvalue weighted by molar-refractivity contribution is -0.133. The fourth-order valence-electron chi connectivity index (χ4n) is 5.55. The summed E-state index contributed by atoms with van der Waals surface area (Å²) in [4.78, 5) is 12.4. The van der Waals surface area contributed by atoms with Crippen LogP contribution in [0, 0.1) is 23.2 Å². The van der Waals surface area contributed by atoms with Crippen molar-refractivity contribution in [2.24, 2.45) is 24.6 Å².